The zero-order chi connectivity index (χ0) is 20.3. The third kappa shape index (κ3) is 4.10. The Bertz CT molecular complexity index is 1070. The van der Waals surface area contributed by atoms with Gasteiger partial charge in [0.05, 0.1) is 15.5 Å². The number of hydrogen-bond acceptors (Lipinski definition) is 5. The number of nitrogens with one attached hydrogen (secondary N) is 1. The van der Waals surface area contributed by atoms with Crippen LogP contribution in [0.3, 0.4) is 0 Å². The fourth-order valence-electron chi connectivity index (χ4n) is 2.50. The number of carbonyl (C=O) groups excluding carboxylic acids is 1. The lowest BCUT2D eigenvalue weighted by Crippen LogP contribution is -2.14. The highest BCUT2D eigenvalue weighted by atomic mass is 35.5. The molecule has 0 fully saturated rings. The number of non-ortho nitro benzene ring substituents is 1. The van der Waals surface area contributed by atoms with E-state index in [0.717, 1.165) is 17.2 Å². The average Bonchev–Trinajstić information content (AvgIpc) is 2.67. The topological polar surface area (TPSA) is 94.4 Å². The highest BCUT2D eigenvalue weighted by molar-refractivity contribution is 6.34. The first-order chi connectivity index (χ1) is 13.4. The van der Waals surface area contributed by atoms with Gasteiger partial charge in [-0.05, 0) is 49.2 Å². The summed E-state index contributed by atoms with van der Waals surface area (Å²) >= 11 is 6.04. The van der Waals surface area contributed by atoms with E-state index in [1.807, 2.05) is 26.0 Å². The molecule has 0 spiro atoms. The summed E-state index contributed by atoms with van der Waals surface area (Å²) in [6.45, 7) is 3.89. The highest BCUT2D eigenvalue weighted by Gasteiger charge is 2.18. The zero-order valence-electron chi connectivity index (χ0n) is 15.1. The fourth-order valence-corrected chi connectivity index (χ4v) is 2.70. The fraction of sp³-hybridized carbons (Fsp3) is 0.100. The minimum Gasteiger partial charge on any atom is -0.437 e. The Kier molecular flexibility index (Phi) is 5.56. The maximum Gasteiger partial charge on any atom is 0.270 e. The summed E-state index contributed by atoms with van der Waals surface area (Å²) in [5.74, 6) is 0.209. The molecule has 0 unspecified atom stereocenters. The molecule has 1 aromatic heterocycles. The van der Waals surface area contributed by atoms with Crippen LogP contribution in [0, 0.1) is 24.0 Å². The Labute approximate surface area is 166 Å². The second-order valence-electron chi connectivity index (χ2n) is 6.03. The van der Waals surface area contributed by atoms with Crippen LogP contribution in [0.4, 0.5) is 11.4 Å². The number of nitrogens with zero attached hydrogens (tertiary/aromatic N) is 2. The lowest BCUT2D eigenvalue weighted by Gasteiger charge is -2.13. The number of anilines is 1. The quantitative estimate of drug-likeness (QED) is 0.465. The van der Waals surface area contributed by atoms with Crippen molar-refractivity contribution < 1.29 is 14.5 Å². The van der Waals surface area contributed by atoms with Crippen LogP contribution < -0.4 is 10.1 Å². The first-order valence-corrected chi connectivity index (χ1v) is 8.69. The maximum atomic E-state index is 12.6. The number of rotatable bonds is 5. The monoisotopic (exact) mass is 397 g/mol. The molecule has 3 rings (SSSR count). The van der Waals surface area contributed by atoms with E-state index in [-0.39, 0.29) is 22.2 Å². The van der Waals surface area contributed by atoms with Crippen molar-refractivity contribution >= 4 is 28.9 Å². The Morgan fingerprint density at radius 1 is 1.18 bits per heavy atom. The van der Waals surface area contributed by atoms with E-state index in [4.69, 9.17) is 16.3 Å². The maximum absolute atomic E-state index is 12.6. The van der Waals surface area contributed by atoms with E-state index < -0.39 is 10.8 Å². The van der Waals surface area contributed by atoms with E-state index in [0.29, 0.717) is 11.4 Å². The molecule has 1 amide bonds. The van der Waals surface area contributed by atoms with Crippen LogP contribution in [-0.4, -0.2) is 15.8 Å². The van der Waals surface area contributed by atoms with Crippen LogP contribution in [0.1, 0.15) is 21.5 Å². The number of halogens is 1. The van der Waals surface area contributed by atoms with Gasteiger partial charge in [0.1, 0.15) is 11.4 Å². The van der Waals surface area contributed by atoms with Crippen LogP contribution in [-0.2, 0) is 0 Å². The summed E-state index contributed by atoms with van der Waals surface area (Å²) in [5, 5.41) is 13.7. The van der Waals surface area contributed by atoms with E-state index in [9.17, 15) is 14.9 Å². The summed E-state index contributed by atoms with van der Waals surface area (Å²) in [6.07, 6.45) is 1.54. The molecule has 2 aromatic carbocycles. The van der Waals surface area contributed by atoms with Gasteiger partial charge < -0.3 is 10.1 Å². The lowest BCUT2D eigenvalue weighted by molar-refractivity contribution is -0.384. The second-order valence-corrected chi connectivity index (χ2v) is 6.44. The predicted octanol–water partition coefficient (Wildman–Crippen LogP) is 5.30. The molecule has 0 aliphatic rings. The van der Waals surface area contributed by atoms with E-state index in [2.05, 4.69) is 10.3 Å². The van der Waals surface area contributed by atoms with Gasteiger partial charge >= 0.3 is 0 Å². The van der Waals surface area contributed by atoms with Crippen LogP contribution in [0.25, 0.3) is 0 Å². The molecule has 8 heteroatoms. The number of pyridine rings is 1. The van der Waals surface area contributed by atoms with Gasteiger partial charge in [-0.2, -0.15) is 0 Å². The summed E-state index contributed by atoms with van der Waals surface area (Å²) in [7, 11) is 0. The first kappa shape index (κ1) is 19.3. The molecular formula is C20H16ClN3O4. The number of amides is 1. The van der Waals surface area contributed by atoms with Crippen molar-refractivity contribution in [2.24, 2.45) is 0 Å². The predicted molar refractivity (Wildman–Crippen MR) is 106 cm³/mol. The number of carbonyl (C=O) groups is 1. The number of nitro benzene ring substituents is 1. The molecule has 0 saturated heterocycles. The summed E-state index contributed by atoms with van der Waals surface area (Å²) in [4.78, 5) is 27.2. The molecule has 0 aliphatic carbocycles. The summed E-state index contributed by atoms with van der Waals surface area (Å²) in [6, 6.07) is 12.6. The molecule has 7 nitrogen and oxygen atoms in total. The molecular weight excluding hydrogens is 382 g/mol. The van der Waals surface area contributed by atoms with Crippen molar-refractivity contribution in [1.82, 2.24) is 4.98 Å². The van der Waals surface area contributed by atoms with Crippen LogP contribution in [0.15, 0.2) is 54.7 Å². The van der Waals surface area contributed by atoms with Crippen molar-refractivity contribution in [3.05, 3.63) is 86.6 Å². The molecule has 142 valence electrons. The number of nitro groups is 1. The van der Waals surface area contributed by atoms with Gasteiger partial charge in [-0.3, -0.25) is 14.9 Å². The number of benzene rings is 2. The molecule has 1 heterocycles. The minimum atomic E-state index is -0.604. The van der Waals surface area contributed by atoms with Crippen LogP contribution >= 0.6 is 11.6 Å². The number of hydrogen-bond donors (Lipinski definition) is 1. The summed E-state index contributed by atoms with van der Waals surface area (Å²) in [5.41, 5.74) is 2.08. The largest absolute Gasteiger partial charge is 0.437 e. The number of aryl methyl sites for hydroxylation is 1. The number of ether oxygens (including phenoxy) is 1. The molecule has 28 heavy (non-hydrogen) atoms. The standard InChI is InChI=1S/C20H16ClN3O4/c1-12-5-3-7-18(13(12)2)28-20-17(6-4-10-22-20)23-19(25)15-11-14(24(26)27)8-9-16(15)21/h3-11H,1-2H3,(H,23,25). The molecule has 0 aliphatic heterocycles. The molecule has 3 aromatic rings. The van der Waals surface area contributed by atoms with Crippen molar-refractivity contribution in [3.8, 4) is 11.6 Å². The summed E-state index contributed by atoms with van der Waals surface area (Å²) < 4.78 is 5.88. The molecule has 0 bridgehead atoms. The molecule has 1 N–H and O–H groups in total. The average molecular weight is 398 g/mol. The molecule has 0 saturated carbocycles. The third-order valence-electron chi connectivity index (χ3n) is 4.19. The van der Waals surface area contributed by atoms with Gasteiger partial charge in [-0.1, -0.05) is 23.7 Å². The van der Waals surface area contributed by atoms with Gasteiger partial charge in [0.15, 0.2) is 0 Å². The Balaban J connectivity index is 1.90. The lowest BCUT2D eigenvalue weighted by atomic mass is 10.1. The van der Waals surface area contributed by atoms with Crippen molar-refractivity contribution in [1.29, 1.82) is 0 Å². The second kappa shape index (κ2) is 8.06. The Morgan fingerprint density at radius 2 is 1.96 bits per heavy atom. The van der Waals surface area contributed by atoms with Gasteiger partial charge in [0, 0.05) is 18.3 Å². The minimum absolute atomic E-state index is 0.0163. The van der Waals surface area contributed by atoms with Gasteiger partial charge in [0.25, 0.3) is 11.6 Å². The smallest absolute Gasteiger partial charge is 0.270 e. The zero-order valence-corrected chi connectivity index (χ0v) is 15.9. The van der Waals surface area contributed by atoms with Crippen LogP contribution in [0.2, 0.25) is 5.02 Å². The van der Waals surface area contributed by atoms with Crippen molar-refractivity contribution in [2.75, 3.05) is 5.32 Å². The first-order valence-electron chi connectivity index (χ1n) is 8.31. The van der Waals surface area contributed by atoms with Crippen LogP contribution in [0.5, 0.6) is 11.6 Å². The van der Waals surface area contributed by atoms with E-state index in [1.54, 1.807) is 18.2 Å². The van der Waals surface area contributed by atoms with Gasteiger partial charge in [-0.25, -0.2) is 4.98 Å². The van der Waals surface area contributed by atoms with Crippen molar-refractivity contribution in [3.63, 3.8) is 0 Å². The van der Waals surface area contributed by atoms with E-state index in [1.165, 1.54) is 18.3 Å². The SMILES string of the molecule is Cc1cccc(Oc2ncccc2NC(=O)c2cc([N+](=O)[O-])ccc2Cl)c1C. The Morgan fingerprint density at radius 3 is 2.71 bits per heavy atom. The van der Waals surface area contributed by atoms with E-state index >= 15 is 0 Å². The van der Waals surface area contributed by atoms with Gasteiger partial charge in [-0.15, -0.1) is 0 Å². The normalized spacial score (nSPS) is 10.4. The highest BCUT2D eigenvalue weighted by Crippen LogP contribution is 2.31. The molecule has 0 radical (unpaired) electrons. The number of aromatic nitrogens is 1. The Hall–Kier alpha value is -3.45. The van der Waals surface area contributed by atoms with Crippen molar-refractivity contribution in [2.45, 2.75) is 13.8 Å². The third-order valence-corrected chi connectivity index (χ3v) is 4.52. The van der Waals surface area contributed by atoms with Gasteiger partial charge in [0.2, 0.25) is 5.88 Å². The molecule has 0 atom stereocenters.